The Labute approximate surface area is 137 Å². The van der Waals surface area contributed by atoms with E-state index in [1.807, 2.05) is 0 Å². The quantitative estimate of drug-likeness (QED) is 0.360. The van der Waals surface area contributed by atoms with Crippen molar-refractivity contribution in [2.75, 3.05) is 0 Å². The number of carboxylic acids is 2. The monoisotopic (exact) mass is 330 g/mol. The first-order valence-electron chi connectivity index (χ1n) is 8.39. The second-order valence-electron chi connectivity index (χ2n) is 5.85. The Morgan fingerprint density at radius 1 is 0.957 bits per heavy atom. The number of carboxylic acid groups (broad SMARTS) is 2. The van der Waals surface area contributed by atoms with Gasteiger partial charge in [0.05, 0.1) is 6.04 Å². The number of rotatable bonds is 14. The van der Waals surface area contributed by atoms with Gasteiger partial charge in [0, 0.05) is 6.42 Å². The summed E-state index contributed by atoms with van der Waals surface area (Å²) in [6.07, 6.45) is 7.64. The number of nitrogens with one attached hydrogen (secondary N) is 1. The van der Waals surface area contributed by atoms with Crippen molar-refractivity contribution in [3.63, 3.8) is 0 Å². The summed E-state index contributed by atoms with van der Waals surface area (Å²) in [4.78, 5) is 33.4. The Bertz CT molecular complexity index is 373. The fraction of sp³-hybridized carbons (Fsp3) is 0.812. The molecule has 0 radical (unpaired) electrons. The molecule has 23 heavy (non-hydrogen) atoms. The molecule has 0 aliphatic carbocycles. The molecule has 7 heteroatoms. The maximum Gasteiger partial charge on any atom is 0.326 e. The average Bonchev–Trinajstić information content (AvgIpc) is 2.49. The van der Waals surface area contributed by atoms with Crippen LogP contribution in [0.1, 0.15) is 71.1 Å². The van der Waals surface area contributed by atoms with Crippen LogP contribution in [-0.4, -0.2) is 40.1 Å². The Morgan fingerprint density at radius 2 is 1.52 bits per heavy atom. The van der Waals surface area contributed by atoms with Crippen LogP contribution < -0.4 is 11.1 Å². The van der Waals surface area contributed by atoms with E-state index in [1.165, 1.54) is 19.3 Å². The minimum absolute atomic E-state index is 0.00899. The van der Waals surface area contributed by atoms with E-state index in [0.29, 0.717) is 6.42 Å². The number of hydrogen-bond donors (Lipinski definition) is 4. The van der Waals surface area contributed by atoms with Crippen LogP contribution in [0.4, 0.5) is 0 Å². The largest absolute Gasteiger partial charge is 0.481 e. The van der Waals surface area contributed by atoms with Gasteiger partial charge in [-0.2, -0.15) is 0 Å². The molecule has 0 aliphatic rings. The summed E-state index contributed by atoms with van der Waals surface area (Å²) in [6, 6.07) is -1.96. The summed E-state index contributed by atoms with van der Waals surface area (Å²) in [5, 5.41) is 20.1. The van der Waals surface area contributed by atoms with Crippen molar-refractivity contribution in [2.45, 2.75) is 83.2 Å². The molecule has 0 aromatic heterocycles. The first-order valence-corrected chi connectivity index (χ1v) is 8.39. The smallest absolute Gasteiger partial charge is 0.326 e. The highest BCUT2D eigenvalue weighted by atomic mass is 16.4. The summed E-state index contributed by atoms with van der Waals surface area (Å²) >= 11 is 0. The van der Waals surface area contributed by atoms with Gasteiger partial charge in [0.25, 0.3) is 0 Å². The van der Waals surface area contributed by atoms with Crippen molar-refractivity contribution in [3.05, 3.63) is 0 Å². The lowest BCUT2D eigenvalue weighted by Gasteiger charge is -2.17. The van der Waals surface area contributed by atoms with Gasteiger partial charge >= 0.3 is 11.9 Å². The van der Waals surface area contributed by atoms with Gasteiger partial charge in [0.1, 0.15) is 6.04 Å². The zero-order valence-corrected chi connectivity index (χ0v) is 13.9. The molecule has 2 unspecified atom stereocenters. The number of unbranched alkanes of at least 4 members (excludes halogenated alkanes) is 6. The number of carbonyl (C=O) groups excluding carboxylic acids is 1. The molecule has 5 N–H and O–H groups in total. The fourth-order valence-electron chi connectivity index (χ4n) is 2.25. The van der Waals surface area contributed by atoms with Crippen LogP contribution in [0.2, 0.25) is 0 Å². The number of amides is 1. The van der Waals surface area contributed by atoms with Gasteiger partial charge < -0.3 is 21.3 Å². The minimum atomic E-state index is -1.09. The lowest BCUT2D eigenvalue weighted by atomic mass is 10.0. The van der Waals surface area contributed by atoms with Gasteiger partial charge in [-0.05, 0) is 12.8 Å². The maximum atomic E-state index is 11.8. The van der Waals surface area contributed by atoms with Gasteiger partial charge in [-0.25, -0.2) is 4.79 Å². The predicted octanol–water partition coefficient (Wildman–Crippen LogP) is 1.89. The topological polar surface area (TPSA) is 130 Å². The number of aliphatic carboxylic acids is 2. The highest BCUT2D eigenvalue weighted by Crippen LogP contribution is 2.10. The first-order chi connectivity index (χ1) is 10.9. The van der Waals surface area contributed by atoms with Crippen LogP contribution >= 0.6 is 0 Å². The van der Waals surface area contributed by atoms with Crippen LogP contribution in [0.15, 0.2) is 0 Å². The third kappa shape index (κ3) is 11.6. The normalized spacial score (nSPS) is 13.3. The molecule has 0 bridgehead atoms. The Morgan fingerprint density at radius 3 is 2.04 bits per heavy atom. The molecule has 2 atom stereocenters. The Balaban J connectivity index is 4.03. The van der Waals surface area contributed by atoms with Crippen molar-refractivity contribution in [2.24, 2.45) is 5.73 Å². The molecule has 0 aromatic carbocycles. The van der Waals surface area contributed by atoms with Crippen molar-refractivity contribution in [1.29, 1.82) is 0 Å². The summed E-state index contributed by atoms with van der Waals surface area (Å²) < 4.78 is 0. The highest BCUT2D eigenvalue weighted by molar-refractivity contribution is 5.87. The lowest BCUT2D eigenvalue weighted by Crippen LogP contribution is -2.48. The van der Waals surface area contributed by atoms with E-state index >= 15 is 0 Å². The third-order valence-electron chi connectivity index (χ3n) is 3.72. The van der Waals surface area contributed by atoms with Crippen LogP contribution in [-0.2, 0) is 14.4 Å². The summed E-state index contributed by atoms with van der Waals surface area (Å²) in [5.41, 5.74) is 5.57. The molecule has 0 aromatic rings. The van der Waals surface area contributed by atoms with E-state index in [4.69, 9.17) is 15.9 Å². The Hall–Kier alpha value is -1.63. The summed E-state index contributed by atoms with van der Waals surface area (Å²) in [5.74, 6) is -2.73. The first kappa shape index (κ1) is 21.4. The second-order valence-corrected chi connectivity index (χ2v) is 5.85. The number of carbonyl (C=O) groups is 3. The Kier molecular flexibility index (Phi) is 12.0. The van der Waals surface area contributed by atoms with Crippen LogP contribution in [0.5, 0.6) is 0 Å². The molecular formula is C16H30N2O5. The zero-order valence-electron chi connectivity index (χ0n) is 13.9. The standard InChI is InChI=1S/C16H30N2O5/c1-2-3-4-5-6-7-8-9-13(16(22)23)18-15(21)12(17)10-11-14(19)20/h12-13H,2-11,17H2,1H3,(H,18,21)(H,19,20)(H,22,23). The third-order valence-corrected chi connectivity index (χ3v) is 3.72. The van der Waals surface area contributed by atoms with Gasteiger partial charge in [-0.15, -0.1) is 0 Å². The molecule has 0 aliphatic heterocycles. The molecule has 134 valence electrons. The predicted molar refractivity (Wildman–Crippen MR) is 87.0 cm³/mol. The van der Waals surface area contributed by atoms with E-state index in [-0.39, 0.29) is 12.8 Å². The van der Waals surface area contributed by atoms with E-state index in [0.717, 1.165) is 25.7 Å². The number of hydrogen-bond acceptors (Lipinski definition) is 4. The molecule has 7 nitrogen and oxygen atoms in total. The number of nitrogens with two attached hydrogens (primary N) is 1. The molecule has 0 heterocycles. The van der Waals surface area contributed by atoms with Gasteiger partial charge in [0.2, 0.25) is 5.91 Å². The lowest BCUT2D eigenvalue weighted by molar-refractivity contribution is -0.142. The SMILES string of the molecule is CCCCCCCCCC(NC(=O)C(N)CCC(=O)O)C(=O)O. The van der Waals surface area contributed by atoms with Crippen molar-refractivity contribution in [3.8, 4) is 0 Å². The maximum absolute atomic E-state index is 11.8. The molecular weight excluding hydrogens is 300 g/mol. The van der Waals surface area contributed by atoms with Crippen LogP contribution in [0.25, 0.3) is 0 Å². The fourth-order valence-corrected chi connectivity index (χ4v) is 2.25. The minimum Gasteiger partial charge on any atom is -0.481 e. The van der Waals surface area contributed by atoms with E-state index in [1.54, 1.807) is 0 Å². The van der Waals surface area contributed by atoms with Crippen molar-refractivity contribution < 1.29 is 24.6 Å². The van der Waals surface area contributed by atoms with E-state index < -0.39 is 29.9 Å². The van der Waals surface area contributed by atoms with Crippen molar-refractivity contribution >= 4 is 17.8 Å². The van der Waals surface area contributed by atoms with Gasteiger partial charge in [-0.1, -0.05) is 51.9 Å². The summed E-state index contributed by atoms with van der Waals surface area (Å²) in [7, 11) is 0. The highest BCUT2D eigenvalue weighted by Gasteiger charge is 2.23. The second kappa shape index (κ2) is 12.9. The summed E-state index contributed by atoms with van der Waals surface area (Å²) in [6.45, 7) is 2.15. The molecule has 0 saturated heterocycles. The van der Waals surface area contributed by atoms with Gasteiger partial charge in [-0.3, -0.25) is 9.59 Å². The molecule has 0 saturated carbocycles. The molecule has 0 spiro atoms. The van der Waals surface area contributed by atoms with Crippen LogP contribution in [0.3, 0.4) is 0 Å². The van der Waals surface area contributed by atoms with Crippen molar-refractivity contribution in [1.82, 2.24) is 5.32 Å². The van der Waals surface area contributed by atoms with E-state index in [9.17, 15) is 14.4 Å². The average molecular weight is 330 g/mol. The van der Waals surface area contributed by atoms with E-state index in [2.05, 4.69) is 12.2 Å². The zero-order chi connectivity index (χ0) is 17.7. The molecule has 1 amide bonds. The molecule has 0 fully saturated rings. The molecule has 0 rings (SSSR count). The van der Waals surface area contributed by atoms with Gasteiger partial charge in [0.15, 0.2) is 0 Å². The van der Waals surface area contributed by atoms with Crippen LogP contribution in [0, 0.1) is 0 Å².